The van der Waals surface area contributed by atoms with Gasteiger partial charge in [0.1, 0.15) is 5.75 Å². The second-order valence-corrected chi connectivity index (χ2v) is 6.17. The van der Waals surface area contributed by atoms with Crippen LogP contribution in [0.25, 0.3) is 5.69 Å². The van der Waals surface area contributed by atoms with Crippen molar-refractivity contribution in [3.05, 3.63) is 66.5 Å². The number of amides is 1. The first-order valence-corrected chi connectivity index (χ1v) is 9.08. The zero-order chi connectivity index (χ0) is 18.5. The normalized spacial score (nSPS) is 10.4. The molecule has 1 heterocycles. The molecule has 0 unspecified atom stereocenters. The number of carbonyl (C=O) groups excluding carboxylic acids is 2. The van der Waals surface area contributed by atoms with Crippen LogP contribution < -0.4 is 10.1 Å². The van der Waals surface area contributed by atoms with Crippen molar-refractivity contribution in [1.82, 2.24) is 9.55 Å². The molecule has 26 heavy (non-hydrogen) atoms. The maximum atomic E-state index is 12.6. The number of aromatic nitrogens is 2. The van der Waals surface area contributed by atoms with Gasteiger partial charge in [-0.1, -0.05) is 30.0 Å². The van der Waals surface area contributed by atoms with E-state index in [4.69, 9.17) is 4.74 Å². The van der Waals surface area contributed by atoms with Gasteiger partial charge in [0.15, 0.2) is 10.9 Å². The minimum absolute atomic E-state index is 0.161. The summed E-state index contributed by atoms with van der Waals surface area (Å²) in [5, 5.41) is 3.36. The molecule has 6 nitrogen and oxygen atoms in total. The smallest absolute Gasteiger partial charge is 0.362 e. The van der Waals surface area contributed by atoms with Crippen LogP contribution in [0.5, 0.6) is 5.75 Å². The lowest BCUT2D eigenvalue weighted by Crippen LogP contribution is -2.14. The Morgan fingerprint density at radius 2 is 1.77 bits per heavy atom. The monoisotopic (exact) mass is 367 g/mol. The minimum Gasteiger partial charge on any atom is -0.422 e. The first-order valence-electron chi connectivity index (χ1n) is 7.85. The number of ether oxygens (including phenoxy) is 1. The Balaban J connectivity index is 1.84. The highest BCUT2D eigenvalue weighted by molar-refractivity contribution is 7.98. The summed E-state index contributed by atoms with van der Waals surface area (Å²) in [5.41, 5.74) is 1.81. The molecule has 1 N–H and O–H groups in total. The van der Waals surface area contributed by atoms with E-state index >= 15 is 0 Å². The molecule has 0 aliphatic heterocycles. The topological polar surface area (TPSA) is 73.2 Å². The van der Waals surface area contributed by atoms with Crippen LogP contribution in [-0.2, 0) is 4.79 Å². The number of thioether (sulfide) groups is 1. The fourth-order valence-electron chi connectivity index (χ4n) is 2.42. The average molecular weight is 367 g/mol. The van der Waals surface area contributed by atoms with Gasteiger partial charge in [0.2, 0.25) is 5.91 Å². The highest BCUT2D eigenvalue weighted by atomic mass is 32.2. The first-order chi connectivity index (χ1) is 12.6. The van der Waals surface area contributed by atoms with Crippen molar-refractivity contribution in [2.24, 2.45) is 0 Å². The Morgan fingerprint density at radius 1 is 1.08 bits per heavy atom. The van der Waals surface area contributed by atoms with Crippen molar-refractivity contribution in [3.63, 3.8) is 0 Å². The zero-order valence-electron chi connectivity index (χ0n) is 14.3. The van der Waals surface area contributed by atoms with Crippen LogP contribution in [0.4, 0.5) is 5.69 Å². The summed E-state index contributed by atoms with van der Waals surface area (Å²) in [4.78, 5) is 28.0. The van der Waals surface area contributed by atoms with E-state index in [2.05, 4.69) is 10.3 Å². The fraction of sp³-hybridized carbons (Fsp3) is 0.105. The van der Waals surface area contributed by atoms with Gasteiger partial charge >= 0.3 is 5.97 Å². The number of carbonyl (C=O) groups is 2. The Kier molecular flexibility index (Phi) is 5.38. The zero-order valence-corrected chi connectivity index (χ0v) is 15.1. The molecular formula is C19H17N3O3S. The van der Waals surface area contributed by atoms with Gasteiger partial charge in [0, 0.05) is 18.3 Å². The largest absolute Gasteiger partial charge is 0.422 e. The lowest BCUT2D eigenvalue weighted by molar-refractivity contribution is -0.114. The summed E-state index contributed by atoms with van der Waals surface area (Å²) in [6.07, 6.45) is 3.41. The number of imidazole rings is 1. The summed E-state index contributed by atoms with van der Waals surface area (Å²) in [6.45, 7) is 1.43. The number of anilines is 1. The highest BCUT2D eigenvalue weighted by Gasteiger charge is 2.19. The predicted molar refractivity (Wildman–Crippen MR) is 101 cm³/mol. The van der Waals surface area contributed by atoms with E-state index in [0.717, 1.165) is 5.69 Å². The third-order valence-electron chi connectivity index (χ3n) is 3.52. The molecule has 0 fully saturated rings. The molecule has 0 saturated heterocycles. The van der Waals surface area contributed by atoms with Crippen molar-refractivity contribution >= 4 is 29.3 Å². The number of rotatable bonds is 5. The van der Waals surface area contributed by atoms with E-state index in [1.807, 2.05) is 36.6 Å². The van der Waals surface area contributed by atoms with Crippen molar-refractivity contribution in [3.8, 4) is 11.4 Å². The molecule has 0 radical (unpaired) electrons. The lowest BCUT2D eigenvalue weighted by Gasteiger charge is -2.11. The van der Waals surface area contributed by atoms with Gasteiger partial charge < -0.3 is 10.1 Å². The van der Waals surface area contributed by atoms with Crippen LogP contribution in [-0.4, -0.2) is 27.7 Å². The van der Waals surface area contributed by atoms with Crippen molar-refractivity contribution in [1.29, 1.82) is 0 Å². The maximum absolute atomic E-state index is 12.6. The van der Waals surface area contributed by atoms with Crippen LogP contribution >= 0.6 is 11.8 Å². The minimum atomic E-state index is -0.506. The van der Waals surface area contributed by atoms with E-state index < -0.39 is 5.97 Å². The molecule has 7 heteroatoms. The molecule has 1 amide bonds. The third-order valence-corrected chi connectivity index (χ3v) is 4.17. The molecule has 0 aliphatic rings. The van der Waals surface area contributed by atoms with Gasteiger partial charge in [0.05, 0.1) is 6.20 Å². The van der Waals surface area contributed by atoms with E-state index in [1.165, 1.54) is 24.9 Å². The molecule has 3 rings (SSSR count). The summed E-state index contributed by atoms with van der Waals surface area (Å²) in [7, 11) is 0. The summed E-state index contributed by atoms with van der Waals surface area (Å²) >= 11 is 1.45. The summed E-state index contributed by atoms with van der Waals surface area (Å²) in [5.74, 6) is -0.282. The van der Waals surface area contributed by atoms with Crippen LogP contribution in [0.1, 0.15) is 17.4 Å². The maximum Gasteiger partial charge on any atom is 0.362 e. The van der Waals surface area contributed by atoms with Crippen molar-refractivity contribution < 1.29 is 14.3 Å². The van der Waals surface area contributed by atoms with E-state index in [9.17, 15) is 9.59 Å². The van der Waals surface area contributed by atoms with Crippen molar-refractivity contribution in [2.75, 3.05) is 11.6 Å². The first kappa shape index (κ1) is 17.8. The Labute approximate surface area is 155 Å². The molecule has 132 valence electrons. The average Bonchev–Trinajstić information content (AvgIpc) is 3.08. The van der Waals surface area contributed by atoms with Gasteiger partial charge in [-0.3, -0.25) is 9.36 Å². The Morgan fingerprint density at radius 3 is 2.38 bits per heavy atom. The van der Waals surface area contributed by atoms with E-state index in [-0.39, 0.29) is 5.91 Å². The molecule has 0 spiro atoms. The number of benzene rings is 2. The molecule has 0 atom stereocenters. The molecular weight excluding hydrogens is 350 g/mol. The molecule has 1 aromatic heterocycles. The quantitative estimate of drug-likeness (QED) is 0.422. The second kappa shape index (κ2) is 7.88. The second-order valence-electron chi connectivity index (χ2n) is 5.40. The predicted octanol–water partition coefficient (Wildman–Crippen LogP) is 3.77. The SMILES string of the molecule is CSc1ncc(C(=O)Oc2ccc(NC(C)=O)cc2)n1-c1ccccc1. The number of nitrogens with zero attached hydrogens (tertiary/aromatic N) is 2. The van der Waals surface area contributed by atoms with Gasteiger partial charge in [-0.25, -0.2) is 9.78 Å². The van der Waals surface area contributed by atoms with Crippen molar-refractivity contribution in [2.45, 2.75) is 12.1 Å². The number of esters is 1. The standard InChI is InChI=1S/C19H17N3O3S/c1-13(23)21-14-8-10-16(11-9-14)25-18(24)17-12-20-19(26-2)22(17)15-6-4-3-5-7-15/h3-12H,1-2H3,(H,21,23). The van der Waals surface area contributed by atoms with Gasteiger partial charge in [-0.05, 0) is 42.7 Å². The van der Waals surface area contributed by atoms with E-state index in [0.29, 0.717) is 22.3 Å². The summed E-state index contributed by atoms with van der Waals surface area (Å²) in [6, 6.07) is 16.1. The molecule has 0 saturated carbocycles. The van der Waals surface area contributed by atoms with Crippen LogP contribution in [0.15, 0.2) is 66.0 Å². The summed E-state index contributed by atoms with van der Waals surface area (Å²) < 4.78 is 7.22. The van der Waals surface area contributed by atoms with Gasteiger partial charge in [-0.2, -0.15) is 0 Å². The lowest BCUT2D eigenvalue weighted by atomic mass is 10.3. The van der Waals surface area contributed by atoms with E-state index in [1.54, 1.807) is 28.8 Å². The number of hydrogen-bond acceptors (Lipinski definition) is 5. The molecule has 2 aromatic carbocycles. The highest BCUT2D eigenvalue weighted by Crippen LogP contribution is 2.23. The van der Waals surface area contributed by atoms with Crippen LogP contribution in [0, 0.1) is 0 Å². The number of para-hydroxylation sites is 1. The van der Waals surface area contributed by atoms with Crippen LogP contribution in [0.2, 0.25) is 0 Å². The fourth-order valence-corrected chi connectivity index (χ4v) is 2.96. The molecule has 3 aromatic rings. The number of nitrogens with one attached hydrogen (secondary N) is 1. The third kappa shape index (κ3) is 3.94. The van der Waals surface area contributed by atoms with Gasteiger partial charge in [0.25, 0.3) is 0 Å². The Hall–Kier alpha value is -3.06. The van der Waals surface area contributed by atoms with Gasteiger partial charge in [-0.15, -0.1) is 0 Å². The van der Waals surface area contributed by atoms with Crippen LogP contribution in [0.3, 0.4) is 0 Å². The molecule has 0 bridgehead atoms. The number of hydrogen-bond donors (Lipinski definition) is 1. The Bertz CT molecular complexity index is 921. The molecule has 0 aliphatic carbocycles.